The maximum atomic E-state index is 2.47. The molecule has 0 saturated heterocycles. The molecule has 1 nitrogen and oxygen atoms in total. The van der Waals surface area contributed by atoms with Crippen molar-refractivity contribution in [3.8, 4) is 50.2 Å². The third-order valence-corrected chi connectivity index (χ3v) is 10.4. The predicted octanol–water partition coefficient (Wildman–Crippen LogP) is 13.8. The van der Waals surface area contributed by atoms with Gasteiger partial charge in [-0.15, -0.1) is 0 Å². The van der Waals surface area contributed by atoms with E-state index in [0.717, 1.165) is 5.69 Å². The highest BCUT2D eigenvalue weighted by molar-refractivity contribution is 6.12. The fourth-order valence-corrected chi connectivity index (χ4v) is 7.93. The Kier molecular flexibility index (Phi) is 6.89. The molecule has 0 unspecified atom stereocenters. The maximum absolute atomic E-state index is 2.47. The van der Waals surface area contributed by atoms with Crippen LogP contribution in [0.5, 0.6) is 0 Å². The Hall–Kier alpha value is -6.70. The van der Waals surface area contributed by atoms with Gasteiger partial charge < -0.3 is 4.57 Å². The second-order valence-corrected chi connectivity index (χ2v) is 13.4. The molecule has 0 saturated carbocycles. The van der Waals surface area contributed by atoms with E-state index in [1.807, 2.05) is 0 Å². The van der Waals surface area contributed by atoms with Crippen LogP contribution in [0.1, 0.15) is 0 Å². The van der Waals surface area contributed by atoms with Crippen molar-refractivity contribution in [2.45, 2.75) is 0 Å². The van der Waals surface area contributed by atoms with Gasteiger partial charge in [-0.3, -0.25) is 0 Å². The maximum Gasteiger partial charge on any atom is 0.0541 e. The zero-order valence-corrected chi connectivity index (χ0v) is 28.0. The number of rotatable bonds is 5. The standard InChI is InChI=1S/C50H33N/c1-3-13-34(14-4-1)38-25-27-49-47(32-38)48-33-39(35-15-5-2-6-16-35)26-28-50(48)51(49)42-30-40(45-23-11-19-36-17-7-9-21-43(36)45)29-41(31-42)46-24-12-20-37-18-8-10-22-44(37)46/h1-33H. The zero-order valence-electron chi connectivity index (χ0n) is 28.0. The minimum absolute atomic E-state index is 1.14. The number of benzene rings is 9. The normalized spacial score (nSPS) is 11.5. The van der Waals surface area contributed by atoms with Gasteiger partial charge >= 0.3 is 0 Å². The molecule has 0 radical (unpaired) electrons. The second kappa shape index (κ2) is 12.0. The average molecular weight is 648 g/mol. The molecule has 0 aliphatic carbocycles. The Morgan fingerprint density at radius 2 is 0.686 bits per heavy atom. The van der Waals surface area contributed by atoms with Crippen molar-refractivity contribution in [2.24, 2.45) is 0 Å². The van der Waals surface area contributed by atoms with Gasteiger partial charge in [0.05, 0.1) is 11.0 Å². The van der Waals surface area contributed by atoms with Gasteiger partial charge in [-0.05, 0) is 109 Å². The van der Waals surface area contributed by atoms with Crippen LogP contribution in [-0.2, 0) is 0 Å². The molecule has 0 spiro atoms. The van der Waals surface area contributed by atoms with Gasteiger partial charge in [0, 0.05) is 16.5 Å². The second-order valence-electron chi connectivity index (χ2n) is 13.4. The molecule has 0 amide bonds. The molecule has 1 heteroatoms. The van der Waals surface area contributed by atoms with Crippen molar-refractivity contribution in [1.82, 2.24) is 4.57 Å². The first-order valence-corrected chi connectivity index (χ1v) is 17.6. The number of aromatic nitrogens is 1. The fourth-order valence-electron chi connectivity index (χ4n) is 7.93. The van der Waals surface area contributed by atoms with E-state index in [2.05, 4.69) is 205 Å². The molecule has 10 rings (SSSR count). The highest BCUT2D eigenvalue weighted by atomic mass is 15.0. The zero-order chi connectivity index (χ0) is 33.7. The van der Waals surface area contributed by atoms with Crippen molar-refractivity contribution in [3.05, 3.63) is 200 Å². The monoisotopic (exact) mass is 647 g/mol. The summed E-state index contributed by atoms with van der Waals surface area (Å²) in [5.74, 6) is 0. The molecular formula is C50H33N. The van der Waals surface area contributed by atoms with Crippen LogP contribution in [0.3, 0.4) is 0 Å². The number of nitrogens with zero attached hydrogens (tertiary/aromatic N) is 1. The van der Waals surface area contributed by atoms with Gasteiger partial charge in [0.15, 0.2) is 0 Å². The molecule has 0 aliphatic rings. The van der Waals surface area contributed by atoms with Crippen LogP contribution < -0.4 is 0 Å². The van der Waals surface area contributed by atoms with E-state index >= 15 is 0 Å². The van der Waals surface area contributed by atoms with E-state index in [-0.39, 0.29) is 0 Å². The molecule has 0 bridgehead atoms. The minimum atomic E-state index is 1.14. The lowest BCUT2D eigenvalue weighted by atomic mass is 9.92. The Bertz CT molecular complexity index is 2690. The number of hydrogen-bond donors (Lipinski definition) is 0. The summed E-state index contributed by atoms with van der Waals surface area (Å²) in [6, 6.07) is 73.1. The molecule has 10 aromatic rings. The van der Waals surface area contributed by atoms with Crippen LogP contribution in [0.25, 0.3) is 93.5 Å². The van der Waals surface area contributed by atoms with E-state index < -0.39 is 0 Å². The van der Waals surface area contributed by atoms with Crippen molar-refractivity contribution in [2.75, 3.05) is 0 Å². The van der Waals surface area contributed by atoms with Gasteiger partial charge in [-0.2, -0.15) is 0 Å². The van der Waals surface area contributed by atoms with Crippen molar-refractivity contribution < 1.29 is 0 Å². The molecule has 0 aliphatic heterocycles. The molecule has 1 heterocycles. The molecule has 0 fully saturated rings. The third kappa shape index (κ3) is 5.02. The third-order valence-electron chi connectivity index (χ3n) is 10.4. The molecule has 238 valence electrons. The summed E-state index contributed by atoms with van der Waals surface area (Å²) in [5, 5.41) is 7.47. The smallest absolute Gasteiger partial charge is 0.0541 e. The molecule has 9 aromatic carbocycles. The Balaban J connectivity index is 1.29. The van der Waals surface area contributed by atoms with Crippen LogP contribution in [0, 0.1) is 0 Å². The van der Waals surface area contributed by atoms with Gasteiger partial charge in [-0.25, -0.2) is 0 Å². The lowest BCUT2D eigenvalue weighted by molar-refractivity contribution is 1.18. The fraction of sp³-hybridized carbons (Fsp3) is 0. The van der Waals surface area contributed by atoms with Crippen molar-refractivity contribution in [3.63, 3.8) is 0 Å². The first-order chi connectivity index (χ1) is 25.3. The molecule has 0 atom stereocenters. The van der Waals surface area contributed by atoms with Gasteiger partial charge in [0.25, 0.3) is 0 Å². The lowest BCUT2D eigenvalue weighted by Gasteiger charge is -2.16. The largest absolute Gasteiger partial charge is 0.309 e. The van der Waals surface area contributed by atoms with E-state index in [1.54, 1.807) is 0 Å². The van der Waals surface area contributed by atoms with E-state index in [0.29, 0.717) is 0 Å². The summed E-state index contributed by atoms with van der Waals surface area (Å²) < 4.78 is 2.47. The molecular weight excluding hydrogens is 615 g/mol. The van der Waals surface area contributed by atoms with Crippen molar-refractivity contribution >= 4 is 43.4 Å². The summed E-state index contributed by atoms with van der Waals surface area (Å²) in [6.07, 6.45) is 0. The van der Waals surface area contributed by atoms with Gasteiger partial charge in [0.2, 0.25) is 0 Å². The first kappa shape index (κ1) is 29.2. The number of fused-ring (bicyclic) bond motifs is 5. The van der Waals surface area contributed by atoms with Crippen LogP contribution in [0.4, 0.5) is 0 Å². The molecule has 0 N–H and O–H groups in total. The summed E-state index contributed by atoms with van der Waals surface area (Å²) in [6.45, 7) is 0. The van der Waals surface area contributed by atoms with Crippen LogP contribution in [-0.4, -0.2) is 4.57 Å². The SMILES string of the molecule is c1ccc(-c2ccc3c(c2)c2cc(-c4ccccc4)ccc2n3-c2cc(-c3cccc4ccccc34)cc(-c3cccc4ccccc34)c2)cc1. The van der Waals surface area contributed by atoms with Crippen LogP contribution in [0.2, 0.25) is 0 Å². The Morgan fingerprint density at radius 3 is 1.18 bits per heavy atom. The van der Waals surface area contributed by atoms with Gasteiger partial charge in [-0.1, -0.05) is 158 Å². The first-order valence-electron chi connectivity index (χ1n) is 17.6. The topological polar surface area (TPSA) is 4.93 Å². The quantitative estimate of drug-likeness (QED) is 0.175. The predicted molar refractivity (Wildman–Crippen MR) is 218 cm³/mol. The Morgan fingerprint density at radius 1 is 0.255 bits per heavy atom. The van der Waals surface area contributed by atoms with E-state index in [1.165, 1.54) is 87.9 Å². The van der Waals surface area contributed by atoms with E-state index in [9.17, 15) is 0 Å². The average Bonchev–Trinajstić information content (AvgIpc) is 3.54. The summed E-state index contributed by atoms with van der Waals surface area (Å²) in [4.78, 5) is 0. The molecule has 1 aromatic heterocycles. The van der Waals surface area contributed by atoms with Crippen LogP contribution in [0.15, 0.2) is 200 Å². The highest BCUT2D eigenvalue weighted by Crippen LogP contribution is 2.41. The number of hydrogen-bond acceptors (Lipinski definition) is 0. The summed E-state index contributed by atoms with van der Waals surface area (Å²) in [7, 11) is 0. The summed E-state index contributed by atoms with van der Waals surface area (Å²) in [5.41, 5.74) is 13.2. The Labute approximate surface area is 297 Å². The van der Waals surface area contributed by atoms with Crippen LogP contribution >= 0.6 is 0 Å². The van der Waals surface area contributed by atoms with Crippen molar-refractivity contribution in [1.29, 1.82) is 0 Å². The molecule has 51 heavy (non-hydrogen) atoms. The highest BCUT2D eigenvalue weighted by Gasteiger charge is 2.18. The summed E-state index contributed by atoms with van der Waals surface area (Å²) >= 11 is 0. The van der Waals surface area contributed by atoms with Gasteiger partial charge in [0.1, 0.15) is 0 Å². The lowest BCUT2D eigenvalue weighted by Crippen LogP contribution is -1.96. The van der Waals surface area contributed by atoms with E-state index in [4.69, 9.17) is 0 Å². The minimum Gasteiger partial charge on any atom is -0.309 e.